The van der Waals surface area contributed by atoms with Gasteiger partial charge in [0.25, 0.3) is 0 Å². The van der Waals surface area contributed by atoms with Crippen molar-refractivity contribution in [3.8, 4) is 0 Å². The molecule has 7 heavy (non-hydrogen) atoms. The van der Waals surface area contributed by atoms with Gasteiger partial charge in [0.1, 0.15) is 0 Å². The molecular formula is C5H9NiO-. The Balaban J connectivity index is 0. The van der Waals surface area contributed by atoms with Crippen molar-refractivity contribution in [3.05, 3.63) is 0 Å². The van der Waals surface area contributed by atoms with Crippen molar-refractivity contribution in [2.75, 3.05) is 0 Å². The molecule has 0 aromatic rings. The van der Waals surface area contributed by atoms with Gasteiger partial charge in [-0.3, -0.25) is 6.29 Å². The van der Waals surface area contributed by atoms with Crippen LogP contribution in [0.25, 0.3) is 0 Å². The first-order valence-corrected chi connectivity index (χ1v) is 2.26. The largest absolute Gasteiger partial charge is 0.542 e. The maximum atomic E-state index is 9.44. The average Bonchev–Trinajstić information content (AvgIpc) is 1.61. The Morgan fingerprint density at radius 1 is 1.57 bits per heavy atom. The Morgan fingerprint density at radius 3 is 2.29 bits per heavy atom. The first-order valence-electron chi connectivity index (χ1n) is 2.26. The third-order valence-electron chi connectivity index (χ3n) is 0.632. The van der Waals surface area contributed by atoms with E-state index in [0.717, 1.165) is 12.8 Å². The molecule has 0 spiro atoms. The minimum Gasteiger partial charge on any atom is -0.542 e. The first kappa shape index (κ1) is 10.2. The standard InChI is InChI=1S/C5H9O.Ni/c1-2-3-4-5-6;/h2-4H2,1H3;/q-1;. The van der Waals surface area contributed by atoms with E-state index < -0.39 is 0 Å². The van der Waals surface area contributed by atoms with Crippen LogP contribution in [-0.4, -0.2) is 6.29 Å². The van der Waals surface area contributed by atoms with E-state index in [1.165, 1.54) is 0 Å². The van der Waals surface area contributed by atoms with Crippen molar-refractivity contribution in [3.63, 3.8) is 0 Å². The van der Waals surface area contributed by atoms with Gasteiger partial charge >= 0.3 is 0 Å². The molecule has 2 heteroatoms. The van der Waals surface area contributed by atoms with Gasteiger partial charge in [-0.1, -0.05) is 19.8 Å². The molecule has 46 valence electrons. The summed E-state index contributed by atoms with van der Waals surface area (Å²) < 4.78 is 0. The molecular weight excluding hydrogens is 135 g/mol. The van der Waals surface area contributed by atoms with Gasteiger partial charge in [-0.05, 0) is 0 Å². The topological polar surface area (TPSA) is 17.1 Å². The zero-order chi connectivity index (χ0) is 4.83. The van der Waals surface area contributed by atoms with E-state index in [1.54, 1.807) is 0 Å². The predicted molar refractivity (Wildman–Crippen MR) is 25.2 cm³/mol. The summed E-state index contributed by atoms with van der Waals surface area (Å²) in [5.74, 6) is 0. The molecule has 0 atom stereocenters. The molecule has 0 saturated carbocycles. The van der Waals surface area contributed by atoms with Crippen LogP contribution in [0.15, 0.2) is 0 Å². The van der Waals surface area contributed by atoms with Gasteiger partial charge in [-0.25, -0.2) is 0 Å². The predicted octanol–water partition coefficient (Wildman–Crippen LogP) is 1.28. The van der Waals surface area contributed by atoms with Crippen molar-refractivity contribution in [1.82, 2.24) is 0 Å². The smallest absolute Gasteiger partial charge is 0 e. The van der Waals surface area contributed by atoms with E-state index in [2.05, 4.69) is 6.92 Å². The summed E-state index contributed by atoms with van der Waals surface area (Å²) in [6.07, 6.45) is 4.51. The maximum absolute atomic E-state index is 9.44. The zero-order valence-electron chi connectivity index (χ0n) is 4.35. The molecule has 0 rings (SSSR count). The van der Waals surface area contributed by atoms with Crippen molar-refractivity contribution in [1.29, 1.82) is 0 Å². The van der Waals surface area contributed by atoms with Crippen LogP contribution in [0.1, 0.15) is 26.2 Å². The van der Waals surface area contributed by atoms with Gasteiger partial charge in [0, 0.05) is 16.5 Å². The van der Waals surface area contributed by atoms with Gasteiger partial charge in [-0.2, -0.15) is 6.42 Å². The van der Waals surface area contributed by atoms with Crippen molar-refractivity contribution >= 4 is 6.29 Å². The summed E-state index contributed by atoms with van der Waals surface area (Å²) in [6, 6.07) is 0. The van der Waals surface area contributed by atoms with E-state index in [0.29, 0.717) is 6.42 Å². The number of hydrogen-bond donors (Lipinski definition) is 0. The third-order valence-corrected chi connectivity index (χ3v) is 0.632. The molecule has 0 heterocycles. The van der Waals surface area contributed by atoms with Crippen molar-refractivity contribution in [2.24, 2.45) is 0 Å². The Kier molecular flexibility index (Phi) is 13.8. The van der Waals surface area contributed by atoms with Crippen LogP contribution in [0.4, 0.5) is 0 Å². The van der Waals surface area contributed by atoms with Crippen molar-refractivity contribution in [2.45, 2.75) is 26.2 Å². The van der Waals surface area contributed by atoms with Gasteiger partial charge in [0.05, 0.1) is 0 Å². The third kappa shape index (κ3) is 10.7. The second-order valence-corrected chi connectivity index (χ2v) is 1.25. The Bertz CT molecular complexity index is 37.1. The summed E-state index contributed by atoms with van der Waals surface area (Å²) >= 11 is 0. The molecule has 0 N–H and O–H groups in total. The molecule has 0 aliphatic heterocycles. The molecule has 0 aromatic carbocycles. The SMILES string of the molecule is CCCC[C-]=O.[Ni]. The summed E-state index contributed by atoms with van der Waals surface area (Å²) in [7, 11) is 0. The van der Waals surface area contributed by atoms with E-state index in [9.17, 15) is 4.79 Å². The van der Waals surface area contributed by atoms with Crippen LogP contribution < -0.4 is 0 Å². The summed E-state index contributed by atoms with van der Waals surface area (Å²) in [5, 5.41) is 0. The van der Waals surface area contributed by atoms with Crippen LogP contribution >= 0.6 is 0 Å². The molecule has 1 nitrogen and oxygen atoms in total. The monoisotopic (exact) mass is 143 g/mol. The fourth-order valence-electron chi connectivity index (χ4n) is 0.249. The molecule has 0 bridgehead atoms. The van der Waals surface area contributed by atoms with E-state index >= 15 is 0 Å². The van der Waals surface area contributed by atoms with Crippen LogP contribution in [0.2, 0.25) is 0 Å². The molecule has 0 saturated heterocycles. The van der Waals surface area contributed by atoms with Crippen LogP contribution in [0, 0.1) is 0 Å². The van der Waals surface area contributed by atoms with E-state index in [-0.39, 0.29) is 16.5 Å². The van der Waals surface area contributed by atoms with Gasteiger partial charge < -0.3 is 4.79 Å². The Labute approximate surface area is 54.4 Å². The summed E-state index contributed by atoms with van der Waals surface area (Å²) in [6.45, 7) is 2.05. The number of rotatable bonds is 3. The molecule has 0 unspecified atom stereocenters. The van der Waals surface area contributed by atoms with Gasteiger partial charge in [-0.15, -0.1) is 0 Å². The summed E-state index contributed by atoms with van der Waals surface area (Å²) in [4.78, 5) is 9.44. The molecule has 0 aliphatic carbocycles. The average molecular weight is 144 g/mol. The number of unbranched alkanes of at least 4 members (excludes halogenated alkanes) is 2. The summed E-state index contributed by atoms with van der Waals surface area (Å²) in [5.41, 5.74) is 0. The minimum absolute atomic E-state index is 0. The molecule has 0 aliphatic rings. The molecule has 0 radical (unpaired) electrons. The maximum Gasteiger partial charge on any atom is 0 e. The number of hydrogen-bond acceptors (Lipinski definition) is 1. The van der Waals surface area contributed by atoms with Gasteiger partial charge in [0.2, 0.25) is 0 Å². The fourth-order valence-corrected chi connectivity index (χ4v) is 0.249. The zero-order valence-corrected chi connectivity index (χ0v) is 5.33. The Hall–Kier alpha value is 0.164. The molecule has 0 amide bonds. The molecule has 0 fully saturated rings. The second-order valence-electron chi connectivity index (χ2n) is 1.25. The second kappa shape index (κ2) is 9.48. The normalized spacial score (nSPS) is 7.00. The van der Waals surface area contributed by atoms with Crippen LogP contribution in [0.5, 0.6) is 0 Å². The quantitative estimate of drug-likeness (QED) is 0.331. The Morgan fingerprint density at radius 2 is 2.14 bits per heavy atom. The number of carbonyl (C=O) groups excluding carboxylic acids is 1. The minimum atomic E-state index is 0. The first-order chi connectivity index (χ1) is 2.91. The van der Waals surface area contributed by atoms with Crippen LogP contribution in [-0.2, 0) is 21.3 Å². The van der Waals surface area contributed by atoms with E-state index in [4.69, 9.17) is 0 Å². The van der Waals surface area contributed by atoms with Crippen LogP contribution in [0.3, 0.4) is 0 Å². The van der Waals surface area contributed by atoms with Gasteiger partial charge in [0.15, 0.2) is 0 Å². The fraction of sp³-hybridized carbons (Fsp3) is 0.800. The van der Waals surface area contributed by atoms with E-state index in [1.807, 2.05) is 6.29 Å². The van der Waals surface area contributed by atoms with Crippen molar-refractivity contribution < 1.29 is 21.3 Å². The molecule has 0 aromatic heterocycles.